The first kappa shape index (κ1) is 9.54. The minimum Gasteiger partial charge on any atom is -0.336 e. The average Bonchev–Trinajstić information content (AvgIpc) is 2.83. The van der Waals surface area contributed by atoms with Crippen molar-refractivity contribution in [1.82, 2.24) is 15.0 Å². The molecule has 0 aliphatic heterocycles. The van der Waals surface area contributed by atoms with Crippen LogP contribution in [-0.2, 0) is 0 Å². The molecule has 2 heterocycles. The van der Waals surface area contributed by atoms with E-state index in [2.05, 4.69) is 21.9 Å². The maximum absolute atomic E-state index is 4.53. The minimum absolute atomic E-state index is 0.863. The van der Waals surface area contributed by atoms with E-state index >= 15 is 0 Å². The van der Waals surface area contributed by atoms with E-state index < -0.39 is 0 Å². The zero-order valence-electron chi connectivity index (χ0n) is 9.11. The Balaban J connectivity index is 2.18. The summed E-state index contributed by atoms with van der Waals surface area (Å²) in [6, 6.07) is 8.02. The van der Waals surface area contributed by atoms with Gasteiger partial charge in [0.05, 0.1) is 16.7 Å². The number of aryl methyl sites for hydroxylation is 2. The van der Waals surface area contributed by atoms with E-state index in [0.29, 0.717) is 0 Å². The highest BCUT2D eigenvalue weighted by Crippen LogP contribution is 2.26. The number of hydrogen-bond acceptors (Lipinski definition) is 3. The Kier molecular flexibility index (Phi) is 2.04. The predicted molar refractivity (Wildman–Crippen MR) is 66.7 cm³/mol. The van der Waals surface area contributed by atoms with Crippen LogP contribution in [0.4, 0.5) is 0 Å². The lowest BCUT2D eigenvalue weighted by atomic mass is 10.3. The number of para-hydroxylation sites is 2. The molecule has 0 fully saturated rings. The van der Waals surface area contributed by atoms with Gasteiger partial charge in [0, 0.05) is 4.88 Å². The van der Waals surface area contributed by atoms with Crippen LogP contribution in [0.3, 0.4) is 0 Å². The maximum Gasteiger partial charge on any atom is 0.167 e. The van der Waals surface area contributed by atoms with Crippen molar-refractivity contribution in [3.05, 3.63) is 34.8 Å². The van der Waals surface area contributed by atoms with Crippen molar-refractivity contribution in [3.8, 4) is 10.8 Å². The normalized spacial score (nSPS) is 11.1. The van der Waals surface area contributed by atoms with E-state index in [0.717, 1.165) is 27.6 Å². The Morgan fingerprint density at radius 3 is 2.62 bits per heavy atom. The molecule has 3 nitrogen and oxygen atoms in total. The summed E-state index contributed by atoms with van der Waals surface area (Å²) < 4.78 is 0. The molecule has 0 bridgehead atoms. The van der Waals surface area contributed by atoms with E-state index in [4.69, 9.17) is 0 Å². The molecule has 0 radical (unpaired) electrons. The lowest BCUT2D eigenvalue weighted by Gasteiger charge is -1.85. The summed E-state index contributed by atoms with van der Waals surface area (Å²) in [5, 5.41) is 0.964. The molecule has 0 aliphatic rings. The van der Waals surface area contributed by atoms with Crippen molar-refractivity contribution in [1.29, 1.82) is 0 Å². The number of benzene rings is 1. The Labute approximate surface area is 97.2 Å². The van der Waals surface area contributed by atoms with E-state index in [1.165, 1.54) is 4.88 Å². The molecule has 0 amide bonds. The quantitative estimate of drug-likeness (QED) is 0.695. The summed E-state index contributed by atoms with van der Waals surface area (Å²) in [5.74, 6) is 0.863. The van der Waals surface area contributed by atoms with E-state index in [1.807, 2.05) is 31.2 Å². The van der Waals surface area contributed by atoms with Crippen LogP contribution < -0.4 is 0 Å². The standard InChI is InChI=1S/C12H11N3S/c1-7-8(2)16-12(13-7)11-14-9-5-3-4-6-10(9)15-11/h3-6H,1-2H3,(H,14,15). The molecule has 1 aromatic carbocycles. The summed E-state index contributed by atoms with van der Waals surface area (Å²) in [4.78, 5) is 13.6. The molecular formula is C12H11N3S. The lowest BCUT2D eigenvalue weighted by Crippen LogP contribution is -1.78. The van der Waals surface area contributed by atoms with Gasteiger partial charge in [-0.25, -0.2) is 9.97 Å². The van der Waals surface area contributed by atoms with Crippen LogP contribution in [0.25, 0.3) is 21.9 Å². The summed E-state index contributed by atoms with van der Waals surface area (Å²) in [7, 11) is 0. The van der Waals surface area contributed by atoms with E-state index in [-0.39, 0.29) is 0 Å². The zero-order chi connectivity index (χ0) is 11.1. The second-order valence-corrected chi connectivity index (χ2v) is 4.97. The van der Waals surface area contributed by atoms with Gasteiger partial charge in [0.15, 0.2) is 10.8 Å². The van der Waals surface area contributed by atoms with E-state index in [1.54, 1.807) is 11.3 Å². The first-order valence-corrected chi connectivity index (χ1v) is 5.95. The minimum atomic E-state index is 0.863. The Hall–Kier alpha value is -1.68. The van der Waals surface area contributed by atoms with Crippen molar-refractivity contribution < 1.29 is 0 Å². The van der Waals surface area contributed by atoms with Gasteiger partial charge in [-0.15, -0.1) is 11.3 Å². The fourth-order valence-electron chi connectivity index (χ4n) is 1.63. The van der Waals surface area contributed by atoms with Gasteiger partial charge < -0.3 is 4.98 Å². The van der Waals surface area contributed by atoms with Gasteiger partial charge >= 0.3 is 0 Å². The molecule has 0 atom stereocenters. The summed E-state index contributed by atoms with van der Waals surface area (Å²) in [6.45, 7) is 4.11. The molecule has 2 aromatic heterocycles. The number of fused-ring (bicyclic) bond motifs is 1. The molecule has 0 spiro atoms. The average molecular weight is 229 g/mol. The zero-order valence-corrected chi connectivity index (χ0v) is 9.93. The van der Waals surface area contributed by atoms with Crippen LogP contribution in [0.5, 0.6) is 0 Å². The predicted octanol–water partition coefficient (Wildman–Crippen LogP) is 3.30. The molecule has 0 unspecified atom stereocenters. The maximum atomic E-state index is 4.53. The Morgan fingerprint density at radius 2 is 1.94 bits per heavy atom. The number of aromatic amines is 1. The van der Waals surface area contributed by atoms with Crippen LogP contribution >= 0.6 is 11.3 Å². The van der Waals surface area contributed by atoms with Crippen molar-refractivity contribution >= 4 is 22.4 Å². The van der Waals surface area contributed by atoms with Crippen LogP contribution in [0.2, 0.25) is 0 Å². The number of hydrogen-bond donors (Lipinski definition) is 1. The monoisotopic (exact) mass is 229 g/mol. The number of nitrogens with zero attached hydrogens (tertiary/aromatic N) is 2. The highest BCUT2D eigenvalue weighted by atomic mass is 32.1. The number of nitrogens with one attached hydrogen (secondary N) is 1. The first-order chi connectivity index (χ1) is 7.74. The largest absolute Gasteiger partial charge is 0.336 e. The molecule has 80 valence electrons. The number of imidazole rings is 1. The van der Waals surface area contributed by atoms with Gasteiger partial charge in [-0.1, -0.05) is 12.1 Å². The smallest absolute Gasteiger partial charge is 0.167 e. The van der Waals surface area contributed by atoms with Gasteiger partial charge in [-0.05, 0) is 26.0 Å². The van der Waals surface area contributed by atoms with Gasteiger partial charge in [0.25, 0.3) is 0 Å². The number of H-pyrrole nitrogens is 1. The second-order valence-electron chi connectivity index (χ2n) is 3.76. The molecule has 0 saturated heterocycles. The van der Waals surface area contributed by atoms with E-state index in [9.17, 15) is 0 Å². The van der Waals surface area contributed by atoms with Crippen molar-refractivity contribution in [3.63, 3.8) is 0 Å². The van der Waals surface area contributed by atoms with Crippen LogP contribution in [0, 0.1) is 13.8 Å². The van der Waals surface area contributed by atoms with Crippen LogP contribution in [-0.4, -0.2) is 15.0 Å². The Morgan fingerprint density at radius 1 is 1.12 bits per heavy atom. The highest BCUT2D eigenvalue weighted by Gasteiger charge is 2.10. The van der Waals surface area contributed by atoms with Crippen molar-refractivity contribution in [2.75, 3.05) is 0 Å². The van der Waals surface area contributed by atoms with Gasteiger partial charge in [0.2, 0.25) is 0 Å². The highest BCUT2D eigenvalue weighted by molar-refractivity contribution is 7.15. The number of thiazole rings is 1. The third-order valence-electron chi connectivity index (χ3n) is 2.62. The van der Waals surface area contributed by atoms with Gasteiger partial charge in [-0.3, -0.25) is 0 Å². The van der Waals surface area contributed by atoms with Crippen molar-refractivity contribution in [2.24, 2.45) is 0 Å². The first-order valence-electron chi connectivity index (χ1n) is 5.13. The SMILES string of the molecule is Cc1nc(-c2nc3ccccc3[nH]2)sc1C. The summed E-state index contributed by atoms with van der Waals surface area (Å²) >= 11 is 1.68. The molecule has 0 aliphatic carbocycles. The third kappa shape index (κ3) is 1.42. The van der Waals surface area contributed by atoms with Crippen LogP contribution in [0.15, 0.2) is 24.3 Å². The molecule has 3 rings (SSSR count). The fourth-order valence-corrected chi connectivity index (χ4v) is 2.49. The molecular weight excluding hydrogens is 218 g/mol. The summed E-state index contributed by atoms with van der Waals surface area (Å²) in [6.07, 6.45) is 0. The van der Waals surface area contributed by atoms with Gasteiger partial charge in [0.1, 0.15) is 0 Å². The lowest BCUT2D eigenvalue weighted by molar-refractivity contribution is 1.20. The molecule has 16 heavy (non-hydrogen) atoms. The van der Waals surface area contributed by atoms with Crippen molar-refractivity contribution in [2.45, 2.75) is 13.8 Å². The van der Waals surface area contributed by atoms with Crippen LogP contribution in [0.1, 0.15) is 10.6 Å². The summed E-state index contributed by atoms with van der Waals surface area (Å²) in [5.41, 5.74) is 3.13. The van der Waals surface area contributed by atoms with Gasteiger partial charge in [-0.2, -0.15) is 0 Å². The number of rotatable bonds is 1. The second kappa shape index (κ2) is 3.42. The third-order valence-corrected chi connectivity index (χ3v) is 3.70. The molecule has 3 aromatic rings. The molecule has 4 heteroatoms. The topological polar surface area (TPSA) is 41.6 Å². The fraction of sp³-hybridized carbons (Fsp3) is 0.167. The number of aromatic nitrogens is 3. The molecule has 1 N–H and O–H groups in total. The Bertz CT molecular complexity index is 599. The molecule has 0 saturated carbocycles.